The minimum Gasteiger partial charge on any atom is -0.423 e. The van der Waals surface area contributed by atoms with Gasteiger partial charge in [-0.15, -0.1) is 0 Å². The molecule has 1 aromatic heterocycles. The van der Waals surface area contributed by atoms with Gasteiger partial charge in [-0.25, -0.2) is 4.79 Å². The first kappa shape index (κ1) is 30.7. The van der Waals surface area contributed by atoms with Gasteiger partial charge in [0.25, 0.3) is 0 Å². The van der Waals surface area contributed by atoms with E-state index in [1.54, 1.807) is 18.2 Å². The first-order valence-corrected chi connectivity index (χ1v) is 15.0. The van der Waals surface area contributed by atoms with Crippen LogP contribution in [0.3, 0.4) is 0 Å². The SMILES string of the molecule is Cc1cc(=O)oc2cc(NC(=O)[C@H](Cc3ccccc3)NC(=O)[C@H](Cc3ccccc3)NC(=O)[C@@H]3CCCCN3C)ccc12. The van der Waals surface area contributed by atoms with E-state index in [0.29, 0.717) is 11.3 Å². The summed E-state index contributed by atoms with van der Waals surface area (Å²) in [5, 5.41) is 9.56. The Bertz CT molecular complexity index is 1670. The van der Waals surface area contributed by atoms with E-state index < -0.39 is 29.5 Å². The Labute approximate surface area is 256 Å². The molecule has 1 aliphatic heterocycles. The molecule has 3 aromatic carbocycles. The summed E-state index contributed by atoms with van der Waals surface area (Å²) in [5.41, 5.74) is 2.84. The van der Waals surface area contributed by atoms with Gasteiger partial charge in [0.1, 0.15) is 17.7 Å². The Kier molecular flexibility index (Phi) is 9.86. The van der Waals surface area contributed by atoms with E-state index in [0.717, 1.165) is 47.9 Å². The number of fused-ring (bicyclic) bond motifs is 1. The quantitative estimate of drug-likeness (QED) is 0.239. The lowest BCUT2D eigenvalue weighted by molar-refractivity contribution is -0.133. The van der Waals surface area contributed by atoms with Crippen molar-refractivity contribution in [3.8, 4) is 0 Å². The van der Waals surface area contributed by atoms with E-state index in [2.05, 4.69) is 16.0 Å². The number of piperidine rings is 1. The smallest absolute Gasteiger partial charge is 0.336 e. The number of carbonyl (C=O) groups is 3. The molecule has 3 atom stereocenters. The van der Waals surface area contributed by atoms with Gasteiger partial charge in [0, 0.05) is 36.0 Å². The molecule has 1 fully saturated rings. The molecular weight excluding hydrogens is 556 g/mol. The zero-order chi connectivity index (χ0) is 31.1. The number of likely N-dealkylation sites (N-methyl/N-ethyl adjacent to an activating group) is 1. The van der Waals surface area contributed by atoms with Gasteiger partial charge in [0.05, 0.1) is 6.04 Å². The minimum atomic E-state index is -0.947. The Hall–Kier alpha value is -4.76. The average Bonchev–Trinajstić information content (AvgIpc) is 3.01. The second kappa shape index (κ2) is 14.1. The van der Waals surface area contributed by atoms with Crippen LogP contribution in [0, 0.1) is 6.92 Å². The number of hydrogen-bond acceptors (Lipinski definition) is 6. The van der Waals surface area contributed by atoms with Crippen molar-refractivity contribution in [2.75, 3.05) is 18.9 Å². The number of anilines is 1. The van der Waals surface area contributed by atoms with E-state index in [9.17, 15) is 19.2 Å². The van der Waals surface area contributed by atoms with Crippen molar-refractivity contribution >= 4 is 34.4 Å². The summed E-state index contributed by atoms with van der Waals surface area (Å²) < 4.78 is 5.35. The van der Waals surface area contributed by atoms with Crippen molar-refractivity contribution in [1.29, 1.82) is 0 Å². The van der Waals surface area contributed by atoms with Crippen LogP contribution in [0.5, 0.6) is 0 Å². The highest BCUT2D eigenvalue weighted by atomic mass is 16.4. The van der Waals surface area contributed by atoms with Crippen LogP contribution in [0.15, 0.2) is 94.1 Å². The highest BCUT2D eigenvalue weighted by Crippen LogP contribution is 2.21. The van der Waals surface area contributed by atoms with Gasteiger partial charge in [-0.2, -0.15) is 0 Å². The molecule has 5 rings (SSSR count). The van der Waals surface area contributed by atoms with Crippen LogP contribution < -0.4 is 21.6 Å². The lowest BCUT2D eigenvalue weighted by atomic mass is 9.99. The Morgan fingerprint density at radius 2 is 1.48 bits per heavy atom. The number of likely N-dealkylation sites (tertiary alicyclic amines) is 1. The van der Waals surface area contributed by atoms with Gasteiger partial charge in [0.15, 0.2) is 0 Å². The lowest BCUT2D eigenvalue weighted by Gasteiger charge is -2.32. The number of rotatable bonds is 10. The molecule has 1 aliphatic rings. The summed E-state index contributed by atoms with van der Waals surface area (Å²) in [5.74, 6) is -1.08. The van der Waals surface area contributed by atoms with Crippen molar-refractivity contribution in [1.82, 2.24) is 15.5 Å². The predicted molar refractivity (Wildman–Crippen MR) is 170 cm³/mol. The minimum absolute atomic E-state index is 0.194. The van der Waals surface area contributed by atoms with Gasteiger partial charge < -0.3 is 20.4 Å². The maximum Gasteiger partial charge on any atom is 0.336 e. The van der Waals surface area contributed by atoms with Crippen molar-refractivity contribution in [2.24, 2.45) is 0 Å². The molecule has 228 valence electrons. The molecule has 0 bridgehead atoms. The fraction of sp³-hybridized carbons (Fsp3) is 0.314. The van der Waals surface area contributed by atoms with Gasteiger partial charge in [0.2, 0.25) is 17.7 Å². The van der Waals surface area contributed by atoms with Crippen LogP contribution >= 0.6 is 0 Å². The monoisotopic (exact) mass is 594 g/mol. The van der Waals surface area contributed by atoms with Crippen LogP contribution in [0.4, 0.5) is 5.69 Å². The van der Waals surface area contributed by atoms with E-state index in [1.807, 2.05) is 79.5 Å². The number of nitrogens with zero attached hydrogens (tertiary/aromatic N) is 1. The number of amides is 3. The molecule has 1 saturated heterocycles. The fourth-order valence-electron chi connectivity index (χ4n) is 5.70. The second-order valence-electron chi connectivity index (χ2n) is 11.4. The molecule has 9 nitrogen and oxygen atoms in total. The third-order valence-electron chi connectivity index (χ3n) is 8.12. The maximum atomic E-state index is 13.9. The van der Waals surface area contributed by atoms with Crippen molar-refractivity contribution in [2.45, 2.75) is 57.2 Å². The van der Waals surface area contributed by atoms with E-state index in [1.165, 1.54) is 6.07 Å². The van der Waals surface area contributed by atoms with Crippen LogP contribution in [0.25, 0.3) is 11.0 Å². The van der Waals surface area contributed by atoms with Gasteiger partial charge in [-0.05, 0) is 62.2 Å². The maximum absolute atomic E-state index is 13.9. The molecule has 9 heteroatoms. The number of hydrogen-bond donors (Lipinski definition) is 3. The first-order valence-electron chi connectivity index (χ1n) is 15.0. The number of carbonyl (C=O) groups excluding carboxylic acids is 3. The first-order chi connectivity index (χ1) is 21.3. The van der Waals surface area contributed by atoms with Crippen molar-refractivity contribution in [3.05, 3.63) is 112 Å². The number of nitrogens with one attached hydrogen (secondary N) is 3. The Morgan fingerprint density at radius 3 is 2.11 bits per heavy atom. The topological polar surface area (TPSA) is 121 Å². The number of aryl methyl sites for hydroxylation is 1. The summed E-state index contributed by atoms with van der Waals surface area (Å²) in [6.07, 6.45) is 3.23. The fourth-order valence-corrected chi connectivity index (χ4v) is 5.70. The summed E-state index contributed by atoms with van der Waals surface area (Å²) in [6, 6.07) is 23.3. The molecule has 4 aromatic rings. The van der Waals surface area contributed by atoms with Crippen LogP contribution in [0.1, 0.15) is 36.0 Å². The third-order valence-corrected chi connectivity index (χ3v) is 8.12. The second-order valence-corrected chi connectivity index (χ2v) is 11.4. The molecule has 0 saturated carbocycles. The van der Waals surface area contributed by atoms with Gasteiger partial charge >= 0.3 is 5.63 Å². The van der Waals surface area contributed by atoms with E-state index in [-0.39, 0.29) is 24.8 Å². The molecule has 3 N–H and O–H groups in total. The lowest BCUT2D eigenvalue weighted by Crippen LogP contribution is -2.57. The molecule has 0 radical (unpaired) electrons. The highest BCUT2D eigenvalue weighted by molar-refractivity contribution is 6.00. The summed E-state index contributed by atoms with van der Waals surface area (Å²) in [4.78, 5) is 54.9. The van der Waals surface area contributed by atoms with Gasteiger partial charge in [-0.3, -0.25) is 19.3 Å². The van der Waals surface area contributed by atoms with Gasteiger partial charge in [-0.1, -0.05) is 67.1 Å². The summed E-state index contributed by atoms with van der Waals surface area (Å²) >= 11 is 0. The normalized spacial score (nSPS) is 16.5. The Morgan fingerprint density at radius 1 is 0.841 bits per heavy atom. The van der Waals surface area contributed by atoms with E-state index >= 15 is 0 Å². The van der Waals surface area contributed by atoms with Crippen LogP contribution in [-0.2, 0) is 27.2 Å². The number of benzene rings is 3. The molecule has 44 heavy (non-hydrogen) atoms. The zero-order valence-electron chi connectivity index (χ0n) is 25.0. The van der Waals surface area contributed by atoms with E-state index in [4.69, 9.17) is 4.42 Å². The molecular formula is C35H38N4O5. The van der Waals surface area contributed by atoms with Crippen molar-refractivity contribution in [3.63, 3.8) is 0 Å². The predicted octanol–water partition coefficient (Wildman–Crippen LogP) is 3.98. The Balaban J connectivity index is 1.38. The zero-order valence-corrected chi connectivity index (χ0v) is 25.0. The summed E-state index contributed by atoms with van der Waals surface area (Å²) in [7, 11) is 1.93. The van der Waals surface area contributed by atoms with Crippen LogP contribution in [-0.4, -0.2) is 54.3 Å². The largest absolute Gasteiger partial charge is 0.423 e. The molecule has 2 heterocycles. The average molecular weight is 595 g/mol. The molecule has 0 spiro atoms. The molecule has 0 aliphatic carbocycles. The summed E-state index contributed by atoms with van der Waals surface area (Å²) in [6.45, 7) is 2.64. The molecule has 3 amide bonds. The standard InChI is InChI=1S/C35H38N4O5/c1-23-19-32(40)44-31-22-26(16-17-27(23)31)36-33(41)28(20-24-11-5-3-6-12-24)37-34(42)29(21-25-13-7-4-8-14-25)38-35(43)30-15-9-10-18-39(30)2/h3-8,11-14,16-17,19,22,28-30H,9-10,15,18,20-21H2,1-2H3,(H,36,41)(H,37,42)(H,38,43)/t28-,29-,30-/m0/s1. The highest BCUT2D eigenvalue weighted by Gasteiger charge is 2.32. The molecule has 0 unspecified atom stereocenters. The third kappa shape index (κ3) is 7.79. The van der Waals surface area contributed by atoms with Crippen molar-refractivity contribution < 1.29 is 18.8 Å². The van der Waals surface area contributed by atoms with Crippen LogP contribution in [0.2, 0.25) is 0 Å².